The number of benzene rings is 1. The van der Waals surface area contributed by atoms with Gasteiger partial charge in [-0.05, 0) is 12.1 Å². The van der Waals surface area contributed by atoms with Crippen molar-refractivity contribution in [2.75, 3.05) is 0 Å². The van der Waals surface area contributed by atoms with Crippen LogP contribution in [0.5, 0.6) is 0 Å². The van der Waals surface area contributed by atoms with Crippen LogP contribution in [0, 0.1) is 0 Å². The van der Waals surface area contributed by atoms with E-state index in [4.69, 9.17) is 20.4 Å². The first kappa shape index (κ1) is 22.7. The maximum absolute atomic E-state index is 10.9. The van der Waals surface area contributed by atoms with Crippen LogP contribution >= 0.6 is 0 Å². The molecule has 0 bridgehead atoms. The number of carboxylic acids is 4. The van der Waals surface area contributed by atoms with Gasteiger partial charge in [0.05, 0.1) is 11.1 Å². The topological polar surface area (TPSA) is 195 Å². The standard InChI is InChI=1S/C8H5NO2.2C4H4O4/c10-7-5-3-1-2-4-6(5)8(11)9-7;2*5-3(6)1-2-4(7)8/h1-4H,(H,9,10,11);2*1-2H,(H,5,6)(H,7,8). The fourth-order valence-electron chi connectivity index (χ4n) is 1.40. The number of carbonyl (C=O) groups is 6. The molecule has 0 fully saturated rings. The van der Waals surface area contributed by atoms with E-state index in [1.54, 1.807) is 24.3 Å². The third-order valence-electron chi connectivity index (χ3n) is 2.38. The zero-order valence-electron chi connectivity index (χ0n) is 13.4. The van der Waals surface area contributed by atoms with Crippen LogP contribution in [0.15, 0.2) is 48.6 Å². The van der Waals surface area contributed by atoms with Gasteiger partial charge < -0.3 is 20.4 Å². The molecule has 1 aliphatic heterocycles. The molecule has 0 aliphatic carbocycles. The van der Waals surface area contributed by atoms with Crippen LogP contribution in [0.2, 0.25) is 0 Å². The van der Waals surface area contributed by atoms with Crippen LogP contribution in [0.25, 0.3) is 0 Å². The third-order valence-corrected chi connectivity index (χ3v) is 2.38. The molecule has 0 saturated heterocycles. The number of hydrogen-bond acceptors (Lipinski definition) is 6. The van der Waals surface area contributed by atoms with E-state index in [1.165, 1.54) is 0 Å². The van der Waals surface area contributed by atoms with E-state index in [9.17, 15) is 28.8 Å². The fraction of sp³-hybridized carbons (Fsp3) is 0. The van der Waals surface area contributed by atoms with E-state index in [0.29, 0.717) is 35.4 Å². The lowest BCUT2D eigenvalue weighted by Gasteiger charge is -1.88. The number of rotatable bonds is 4. The van der Waals surface area contributed by atoms with Crippen LogP contribution in [0.3, 0.4) is 0 Å². The molecule has 2 amide bonds. The maximum atomic E-state index is 10.9. The lowest BCUT2D eigenvalue weighted by atomic mass is 10.1. The summed E-state index contributed by atoms with van der Waals surface area (Å²) in [6.45, 7) is 0. The van der Waals surface area contributed by atoms with Crippen LogP contribution in [-0.4, -0.2) is 56.1 Å². The molecule has 142 valence electrons. The number of aliphatic carboxylic acids is 4. The zero-order valence-corrected chi connectivity index (χ0v) is 13.4. The Morgan fingerprint density at radius 3 is 1.11 bits per heavy atom. The van der Waals surface area contributed by atoms with Crippen LogP contribution < -0.4 is 5.32 Å². The summed E-state index contributed by atoms with van der Waals surface area (Å²) in [6.07, 6.45) is 2.23. The summed E-state index contributed by atoms with van der Waals surface area (Å²) in [5.41, 5.74) is 0.940. The summed E-state index contributed by atoms with van der Waals surface area (Å²) in [5, 5.41) is 33.5. The molecule has 0 aromatic heterocycles. The number of carboxylic acid groups (broad SMARTS) is 4. The summed E-state index contributed by atoms with van der Waals surface area (Å²) in [7, 11) is 0. The Balaban J connectivity index is 0.000000387. The smallest absolute Gasteiger partial charge is 0.328 e. The molecule has 11 heteroatoms. The number of nitrogens with one attached hydrogen (secondary N) is 1. The van der Waals surface area contributed by atoms with Crippen LogP contribution in [0.4, 0.5) is 0 Å². The highest BCUT2D eigenvalue weighted by Gasteiger charge is 2.25. The van der Waals surface area contributed by atoms with E-state index < -0.39 is 23.9 Å². The van der Waals surface area contributed by atoms with Crippen LogP contribution in [0.1, 0.15) is 20.7 Å². The minimum Gasteiger partial charge on any atom is -0.478 e. The van der Waals surface area contributed by atoms with Crippen molar-refractivity contribution < 1.29 is 49.2 Å². The van der Waals surface area contributed by atoms with Crippen molar-refractivity contribution in [3.05, 3.63) is 59.7 Å². The molecule has 0 unspecified atom stereocenters. The molecule has 1 aliphatic rings. The summed E-state index contributed by atoms with van der Waals surface area (Å²) in [4.78, 5) is 60.1. The Hall–Kier alpha value is -4.28. The highest BCUT2D eigenvalue weighted by Crippen LogP contribution is 2.13. The van der Waals surface area contributed by atoms with Crippen molar-refractivity contribution in [1.82, 2.24) is 5.32 Å². The van der Waals surface area contributed by atoms with Gasteiger partial charge in [-0.1, -0.05) is 12.1 Å². The van der Waals surface area contributed by atoms with Crippen molar-refractivity contribution in [1.29, 1.82) is 0 Å². The first-order chi connectivity index (χ1) is 12.5. The van der Waals surface area contributed by atoms with Gasteiger partial charge in [0.2, 0.25) is 0 Å². The molecule has 1 aromatic carbocycles. The molecule has 2 rings (SSSR count). The zero-order chi connectivity index (χ0) is 21.0. The van der Waals surface area contributed by atoms with Gasteiger partial charge in [0.15, 0.2) is 0 Å². The first-order valence-electron chi connectivity index (χ1n) is 6.77. The van der Waals surface area contributed by atoms with Gasteiger partial charge in [-0.15, -0.1) is 0 Å². The molecule has 27 heavy (non-hydrogen) atoms. The second-order valence-corrected chi connectivity index (χ2v) is 4.35. The van der Waals surface area contributed by atoms with E-state index >= 15 is 0 Å². The van der Waals surface area contributed by atoms with Crippen molar-refractivity contribution in [2.24, 2.45) is 0 Å². The Bertz CT molecular complexity index is 723. The number of carbonyl (C=O) groups excluding carboxylic acids is 2. The Morgan fingerprint density at radius 2 is 0.889 bits per heavy atom. The number of fused-ring (bicyclic) bond motifs is 1. The van der Waals surface area contributed by atoms with E-state index in [-0.39, 0.29) is 11.8 Å². The minimum absolute atomic E-state index is 0.300. The predicted molar refractivity (Wildman–Crippen MR) is 87.1 cm³/mol. The molecule has 0 saturated carbocycles. The molecule has 11 nitrogen and oxygen atoms in total. The number of hydrogen-bond donors (Lipinski definition) is 5. The van der Waals surface area contributed by atoms with Gasteiger partial charge >= 0.3 is 23.9 Å². The molecular weight excluding hydrogens is 366 g/mol. The summed E-state index contributed by atoms with van der Waals surface area (Å²) in [5.74, 6) is -5.63. The van der Waals surface area contributed by atoms with Gasteiger partial charge in [0.25, 0.3) is 11.8 Å². The second-order valence-electron chi connectivity index (χ2n) is 4.35. The lowest BCUT2D eigenvalue weighted by Crippen LogP contribution is -2.19. The molecule has 1 aromatic rings. The van der Waals surface area contributed by atoms with Crippen molar-refractivity contribution in [3.8, 4) is 0 Å². The number of amides is 2. The summed E-state index contributed by atoms with van der Waals surface area (Å²) < 4.78 is 0. The summed E-state index contributed by atoms with van der Waals surface area (Å²) in [6, 6.07) is 6.74. The predicted octanol–water partition coefficient (Wildman–Crippen LogP) is -0.00620. The third kappa shape index (κ3) is 10.2. The van der Waals surface area contributed by atoms with Gasteiger partial charge in [0.1, 0.15) is 0 Å². The quantitative estimate of drug-likeness (QED) is 0.350. The van der Waals surface area contributed by atoms with Crippen LogP contribution in [-0.2, 0) is 19.2 Å². The molecule has 0 spiro atoms. The average Bonchev–Trinajstić information content (AvgIpc) is 2.87. The first-order valence-corrected chi connectivity index (χ1v) is 6.77. The van der Waals surface area contributed by atoms with Gasteiger partial charge in [-0.3, -0.25) is 14.9 Å². The Morgan fingerprint density at radius 1 is 0.630 bits per heavy atom. The highest BCUT2D eigenvalue weighted by atomic mass is 16.4. The Kier molecular flexibility index (Phi) is 9.51. The molecule has 0 atom stereocenters. The highest BCUT2D eigenvalue weighted by molar-refractivity contribution is 6.21. The normalized spacial score (nSPS) is 11.6. The summed E-state index contributed by atoms with van der Waals surface area (Å²) >= 11 is 0. The van der Waals surface area contributed by atoms with Crippen molar-refractivity contribution in [2.45, 2.75) is 0 Å². The SMILES string of the molecule is O=C(O)C=CC(=O)O.O=C(O)C=CC(=O)O.O=C1NC(=O)c2ccccc21. The van der Waals surface area contributed by atoms with E-state index in [0.717, 1.165) is 0 Å². The van der Waals surface area contributed by atoms with E-state index in [1.807, 2.05) is 0 Å². The fourth-order valence-corrected chi connectivity index (χ4v) is 1.40. The molecule has 1 heterocycles. The molecular formula is C16H13NO10. The van der Waals surface area contributed by atoms with Gasteiger partial charge in [-0.25, -0.2) is 19.2 Å². The average molecular weight is 379 g/mol. The minimum atomic E-state index is -1.26. The number of imide groups is 1. The monoisotopic (exact) mass is 379 g/mol. The molecule has 0 radical (unpaired) electrons. The van der Waals surface area contributed by atoms with Gasteiger partial charge in [-0.2, -0.15) is 0 Å². The van der Waals surface area contributed by atoms with Crippen molar-refractivity contribution >= 4 is 35.7 Å². The largest absolute Gasteiger partial charge is 0.478 e. The maximum Gasteiger partial charge on any atom is 0.328 e. The lowest BCUT2D eigenvalue weighted by molar-refractivity contribution is -0.134. The Labute approximate surface area is 150 Å². The second kappa shape index (κ2) is 11.3. The van der Waals surface area contributed by atoms with Gasteiger partial charge in [0, 0.05) is 24.3 Å². The van der Waals surface area contributed by atoms with Crippen molar-refractivity contribution in [3.63, 3.8) is 0 Å². The van der Waals surface area contributed by atoms with E-state index in [2.05, 4.69) is 5.32 Å². The molecule has 5 N–H and O–H groups in total.